The summed E-state index contributed by atoms with van der Waals surface area (Å²) in [6.45, 7) is 0.826. The summed E-state index contributed by atoms with van der Waals surface area (Å²) in [7, 11) is 0. The third-order valence-electron chi connectivity index (χ3n) is 4.38. The lowest BCUT2D eigenvalue weighted by Crippen LogP contribution is -2.38. The molecule has 1 saturated heterocycles. The molecule has 6 nitrogen and oxygen atoms in total. The fraction of sp³-hybridized carbons (Fsp3) is 0.588. The predicted molar refractivity (Wildman–Crippen MR) is 84.6 cm³/mol. The van der Waals surface area contributed by atoms with Gasteiger partial charge in [0, 0.05) is 19.1 Å². The molecule has 4 N–H and O–H groups in total. The molecule has 3 rings (SSSR count). The van der Waals surface area contributed by atoms with Crippen LogP contribution in [-0.2, 0) is 16.1 Å². The van der Waals surface area contributed by atoms with E-state index in [1.54, 1.807) is 12.1 Å². The number of carbonyl (C=O) groups is 1. The summed E-state index contributed by atoms with van der Waals surface area (Å²) in [5.74, 6) is -0.447. The fourth-order valence-corrected chi connectivity index (χ4v) is 2.82. The highest BCUT2D eigenvalue weighted by Gasteiger charge is 2.43. The summed E-state index contributed by atoms with van der Waals surface area (Å²) < 4.78 is 18.5. The van der Waals surface area contributed by atoms with Gasteiger partial charge in [0.05, 0.1) is 18.6 Å². The first-order valence-corrected chi connectivity index (χ1v) is 8.29. The maximum Gasteiger partial charge on any atom is 0.222 e. The molecule has 24 heavy (non-hydrogen) atoms. The van der Waals surface area contributed by atoms with Crippen LogP contribution in [0.5, 0.6) is 0 Å². The van der Waals surface area contributed by atoms with Crippen molar-refractivity contribution in [1.29, 1.82) is 0 Å². The maximum absolute atomic E-state index is 12.8. The number of aliphatic hydroxyl groups excluding tert-OH is 2. The number of hydrogen-bond donors (Lipinski definition) is 4. The van der Waals surface area contributed by atoms with Gasteiger partial charge in [-0.25, -0.2) is 4.39 Å². The molecule has 2 fully saturated rings. The Morgan fingerprint density at radius 3 is 2.50 bits per heavy atom. The topological polar surface area (TPSA) is 90.8 Å². The second kappa shape index (κ2) is 7.57. The van der Waals surface area contributed by atoms with Crippen molar-refractivity contribution in [3.8, 4) is 0 Å². The first kappa shape index (κ1) is 17.3. The standard InChI is InChI=1S/C17H23FN2O4/c18-11-3-1-10(2-4-11)8-19-9-14-17(23)16(22)13(24-14)7-15(21)20-12-5-6-12/h1-4,12-14,16-17,19,22-23H,5-9H2,(H,20,21). The summed E-state index contributed by atoms with van der Waals surface area (Å²) in [5, 5.41) is 26.1. The first-order chi connectivity index (χ1) is 11.5. The van der Waals surface area contributed by atoms with E-state index in [4.69, 9.17) is 4.74 Å². The molecule has 0 bridgehead atoms. The van der Waals surface area contributed by atoms with Crippen LogP contribution < -0.4 is 10.6 Å². The predicted octanol–water partition coefficient (Wildman–Crippen LogP) is 0.0732. The molecule has 132 valence electrons. The molecule has 1 heterocycles. The molecule has 4 atom stereocenters. The van der Waals surface area contributed by atoms with Crippen molar-refractivity contribution in [3.05, 3.63) is 35.6 Å². The highest BCUT2D eigenvalue weighted by Crippen LogP contribution is 2.24. The Bertz CT molecular complexity index is 564. The van der Waals surface area contributed by atoms with Gasteiger partial charge in [0.1, 0.15) is 18.0 Å². The summed E-state index contributed by atoms with van der Waals surface area (Å²) in [6, 6.07) is 6.38. The van der Waals surface area contributed by atoms with E-state index in [0.29, 0.717) is 13.1 Å². The van der Waals surface area contributed by atoms with Crippen LogP contribution in [0.15, 0.2) is 24.3 Å². The average molecular weight is 338 g/mol. The number of benzene rings is 1. The van der Waals surface area contributed by atoms with Crippen molar-refractivity contribution in [1.82, 2.24) is 10.6 Å². The van der Waals surface area contributed by atoms with Gasteiger partial charge in [-0.05, 0) is 30.5 Å². The van der Waals surface area contributed by atoms with Gasteiger partial charge in [0.2, 0.25) is 5.91 Å². The second-order valence-electron chi connectivity index (χ2n) is 6.50. The molecule has 4 unspecified atom stereocenters. The van der Waals surface area contributed by atoms with Crippen LogP contribution in [0.3, 0.4) is 0 Å². The quantitative estimate of drug-likeness (QED) is 0.565. The second-order valence-corrected chi connectivity index (χ2v) is 6.50. The minimum Gasteiger partial charge on any atom is -0.388 e. The van der Waals surface area contributed by atoms with E-state index >= 15 is 0 Å². The highest BCUT2D eigenvalue weighted by atomic mass is 19.1. The number of rotatable bonds is 7. The molecule has 7 heteroatoms. The van der Waals surface area contributed by atoms with E-state index in [-0.39, 0.29) is 24.2 Å². The van der Waals surface area contributed by atoms with Crippen LogP contribution in [-0.4, -0.2) is 53.1 Å². The van der Waals surface area contributed by atoms with Gasteiger partial charge in [0.25, 0.3) is 0 Å². The van der Waals surface area contributed by atoms with Gasteiger partial charge in [-0.15, -0.1) is 0 Å². The zero-order valence-corrected chi connectivity index (χ0v) is 13.3. The molecule has 1 aliphatic heterocycles. The Balaban J connectivity index is 1.43. The molecule has 2 aliphatic rings. The van der Waals surface area contributed by atoms with E-state index < -0.39 is 24.4 Å². The van der Waals surface area contributed by atoms with Crippen molar-refractivity contribution < 1.29 is 24.1 Å². The average Bonchev–Trinajstić information content (AvgIpc) is 3.32. The highest BCUT2D eigenvalue weighted by molar-refractivity contribution is 5.77. The molecule has 1 saturated carbocycles. The van der Waals surface area contributed by atoms with Crippen molar-refractivity contribution in [3.63, 3.8) is 0 Å². The summed E-state index contributed by atoms with van der Waals surface area (Å²) in [4.78, 5) is 11.8. The van der Waals surface area contributed by atoms with Crippen LogP contribution in [0.2, 0.25) is 0 Å². The normalized spacial score (nSPS) is 29.6. The van der Waals surface area contributed by atoms with Crippen molar-refractivity contribution >= 4 is 5.91 Å². The Morgan fingerprint density at radius 1 is 1.17 bits per heavy atom. The molecule has 1 aliphatic carbocycles. The maximum atomic E-state index is 12.8. The summed E-state index contributed by atoms with van der Waals surface area (Å²) in [6.07, 6.45) is -1.35. The zero-order valence-electron chi connectivity index (χ0n) is 13.3. The lowest BCUT2D eigenvalue weighted by molar-refractivity contribution is -0.125. The molecule has 0 aromatic heterocycles. The zero-order chi connectivity index (χ0) is 17.1. The Labute approximate surface area is 140 Å². The number of carbonyl (C=O) groups excluding carboxylic acids is 1. The third-order valence-corrected chi connectivity index (χ3v) is 4.38. The number of aliphatic hydroxyl groups is 2. The largest absolute Gasteiger partial charge is 0.388 e. The van der Waals surface area contributed by atoms with Gasteiger partial charge in [-0.1, -0.05) is 12.1 Å². The minimum atomic E-state index is -1.08. The van der Waals surface area contributed by atoms with Crippen LogP contribution in [0.1, 0.15) is 24.8 Å². The first-order valence-electron chi connectivity index (χ1n) is 8.29. The number of amides is 1. The van der Waals surface area contributed by atoms with E-state index in [1.165, 1.54) is 12.1 Å². The van der Waals surface area contributed by atoms with Crippen LogP contribution in [0, 0.1) is 5.82 Å². The molecule has 1 aromatic carbocycles. The van der Waals surface area contributed by atoms with E-state index in [0.717, 1.165) is 18.4 Å². The van der Waals surface area contributed by atoms with Crippen molar-refractivity contribution in [2.45, 2.75) is 56.3 Å². The molecule has 0 radical (unpaired) electrons. The molecule has 1 aromatic rings. The van der Waals surface area contributed by atoms with Gasteiger partial charge in [-0.3, -0.25) is 4.79 Å². The van der Waals surface area contributed by atoms with Crippen molar-refractivity contribution in [2.75, 3.05) is 6.54 Å². The smallest absolute Gasteiger partial charge is 0.222 e. The van der Waals surface area contributed by atoms with Crippen LogP contribution in [0.4, 0.5) is 4.39 Å². The lowest BCUT2D eigenvalue weighted by atomic mass is 10.1. The van der Waals surface area contributed by atoms with E-state index in [1.807, 2.05) is 0 Å². The van der Waals surface area contributed by atoms with Crippen molar-refractivity contribution in [2.24, 2.45) is 0 Å². The molecule has 0 spiro atoms. The van der Waals surface area contributed by atoms with Crippen LogP contribution in [0.25, 0.3) is 0 Å². The summed E-state index contributed by atoms with van der Waals surface area (Å²) >= 11 is 0. The number of nitrogens with one attached hydrogen (secondary N) is 2. The molecular formula is C17H23FN2O4. The number of hydrogen-bond acceptors (Lipinski definition) is 5. The Morgan fingerprint density at radius 2 is 1.83 bits per heavy atom. The van der Waals surface area contributed by atoms with Gasteiger partial charge in [0.15, 0.2) is 0 Å². The SMILES string of the molecule is O=C(CC1OC(CNCc2ccc(F)cc2)C(O)C1O)NC1CC1. The van der Waals surface area contributed by atoms with Gasteiger partial charge < -0.3 is 25.6 Å². The lowest BCUT2D eigenvalue weighted by Gasteiger charge is -2.15. The van der Waals surface area contributed by atoms with Crippen LogP contribution >= 0.6 is 0 Å². The number of halogens is 1. The molecule has 1 amide bonds. The Kier molecular flexibility index (Phi) is 5.45. The third kappa shape index (κ3) is 4.51. The minimum absolute atomic E-state index is 0.0448. The van der Waals surface area contributed by atoms with Gasteiger partial charge in [-0.2, -0.15) is 0 Å². The van der Waals surface area contributed by atoms with E-state index in [2.05, 4.69) is 10.6 Å². The Hall–Kier alpha value is -1.54. The summed E-state index contributed by atoms with van der Waals surface area (Å²) in [5.41, 5.74) is 0.907. The fourth-order valence-electron chi connectivity index (χ4n) is 2.82. The monoisotopic (exact) mass is 338 g/mol. The van der Waals surface area contributed by atoms with E-state index in [9.17, 15) is 19.4 Å². The number of ether oxygens (including phenoxy) is 1. The van der Waals surface area contributed by atoms with Gasteiger partial charge >= 0.3 is 0 Å². The molecular weight excluding hydrogens is 315 g/mol.